The second-order valence-corrected chi connectivity index (χ2v) is 23.8. The summed E-state index contributed by atoms with van der Waals surface area (Å²) >= 11 is 0. The molecule has 0 heterocycles. The number of rotatable bonds is 13. The first-order valence-corrected chi connectivity index (χ1v) is 24.6. The van der Waals surface area contributed by atoms with E-state index < -0.39 is 5.97 Å². The topological polar surface area (TPSA) is 105 Å². The number of unbranched alkanes of at least 4 members (excludes halogenated alkanes) is 1. The van der Waals surface area contributed by atoms with Gasteiger partial charge in [0.1, 0.15) is 11.2 Å². The molecular weight excluding hydrogens is 753 g/mol. The van der Waals surface area contributed by atoms with E-state index in [4.69, 9.17) is 18.9 Å². The molecule has 12 unspecified atom stereocenters. The minimum Gasteiger partial charge on any atom is -0.462 e. The van der Waals surface area contributed by atoms with Crippen LogP contribution in [0.2, 0.25) is 0 Å². The van der Waals surface area contributed by atoms with E-state index in [1.807, 2.05) is 0 Å². The Balaban J connectivity index is 0.000000155. The number of hydrogen-bond acceptors (Lipinski definition) is 8. The number of fused-ring (bicyclic) bond motifs is 4. The third kappa shape index (κ3) is 7.43. The highest BCUT2D eigenvalue weighted by molar-refractivity contribution is 5.87. The number of carbonyl (C=O) groups excluding carboxylic acids is 4. The summed E-state index contributed by atoms with van der Waals surface area (Å²) in [7, 11) is 0. The molecule has 0 aromatic carbocycles. The molecule has 8 nitrogen and oxygen atoms in total. The number of ether oxygens (including phenoxy) is 4. The highest BCUT2D eigenvalue weighted by Crippen LogP contribution is 2.72. The van der Waals surface area contributed by atoms with Crippen molar-refractivity contribution in [2.75, 3.05) is 13.2 Å². The van der Waals surface area contributed by atoms with Gasteiger partial charge in [0.2, 0.25) is 0 Å². The first kappa shape index (κ1) is 42.7. The van der Waals surface area contributed by atoms with Crippen LogP contribution in [-0.2, 0) is 38.1 Å². The van der Waals surface area contributed by atoms with E-state index in [0.717, 1.165) is 47.5 Å². The largest absolute Gasteiger partial charge is 0.462 e. The molecule has 332 valence electrons. The third-order valence-corrected chi connectivity index (χ3v) is 19.5. The Morgan fingerprint density at radius 1 is 0.617 bits per heavy atom. The molecule has 8 heteroatoms. The molecule has 12 bridgehead atoms. The first-order valence-electron chi connectivity index (χ1n) is 24.6. The van der Waals surface area contributed by atoms with E-state index in [1.54, 1.807) is 6.92 Å². The van der Waals surface area contributed by atoms with Crippen molar-refractivity contribution in [1.29, 1.82) is 0 Å². The van der Waals surface area contributed by atoms with E-state index >= 15 is 0 Å². The number of carbonyl (C=O) groups is 4. The smallest absolute Gasteiger partial charge is 0.344 e. The van der Waals surface area contributed by atoms with E-state index in [-0.39, 0.29) is 35.7 Å². The fourth-order valence-corrected chi connectivity index (χ4v) is 18.1. The molecule has 0 spiro atoms. The van der Waals surface area contributed by atoms with Gasteiger partial charge in [-0.25, -0.2) is 14.4 Å². The lowest BCUT2D eigenvalue weighted by Gasteiger charge is -2.66. The third-order valence-electron chi connectivity index (χ3n) is 19.5. The van der Waals surface area contributed by atoms with Crippen molar-refractivity contribution < 1.29 is 38.1 Å². The van der Waals surface area contributed by atoms with Gasteiger partial charge in [-0.1, -0.05) is 40.9 Å². The van der Waals surface area contributed by atoms with Crippen LogP contribution in [0.5, 0.6) is 0 Å². The quantitative estimate of drug-likeness (QED) is 0.0782. The van der Waals surface area contributed by atoms with Crippen molar-refractivity contribution in [1.82, 2.24) is 0 Å². The van der Waals surface area contributed by atoms with Gasteiger partial charge in [0.05, 0.1) is 6.61 Å². The lowest BCUT2D eigenvalue weighted by Crippen LogP contribution is -2.66. The number of esters is 4. The van der Waals surface area contributed by atoms with Gasteiger partial charge in [0.15, 0.2) is 6.61 Å². The van der Waals surface area contributed by atoms with Gasteiger partial charge in [-0.3, -0.25) is 4.79 Å². The molecule has 0 radical (unpaired) electrons. The van der Waals surface area contributed by atoms with Crippen LogP contribution in [-0.4, -0.2) is 48.3 Å². The Morgan fingerprint density at radius 2 is 1.20 bits per heavy atom. The zero-order chi connectivity index (χ0) is 42.4. The van der Waals surface area contributed by atoms with Gasteiger partial charge in [0, 0.05) is 53.6 Å². The summed E-state index contributed by atoms with van der Waals surface area (Å²) in [4.78, 5) is 49.0. The molecule has 12 aliphatic rings. The second kappa shape index (κ2) is 15.9. The normalized spacial score (nSPS) is 48.0. The average molecular weight is 829 g/mol. The molecule has 12 saturated carbocycles. The molecule has 0 N–H and O–H groups in total. The second-order valence-electron chi connectivity index (χ2n) is 23.8. The Bertz CT molecular complexity index is 1690. The van der Waals surface area contributed by atoms with Gasteiger partial charge >= 0.3 is 23.9 Å². The first-order chi connectivity index (χ1) is 28.5. The zero-order valence-electron chi connectivity index (χ0n) is 37.7. The lowest BCUT2D eigenvalue weighted by atomic mass is 9.42. The van der Waals surface area contributed by atoms with Crippen molar-refractivity contribution in [3.05, 3.63) is 24.8 Å². The summed E-state index contributed by atoms with van der Waals surface area (Å²) in [5, 5.41) is 0. The molecule has 0 aromatic heterocycles. The van der Waals surface area contributed by atoms with Crippen LogP contribution < -0.4 is 0 Å². The fourth-order valence-electron chi connectivity index (χ4n) is 18.1. The van der Waals surface area contributed by atoms with E-state index in [0.29, 0.717) is 83.7 Å². The van der Waals surface area contributed by atoms with E-state index in [2.05, 4.69) is 40.9 Å². The molecule has 12 fully saturated rings. The summed E-state index contributed by atoms with van der Waals surface area (Å²) in [6, 6.07) is 0. The van der Waals surface area contributed by atoms with Crippen molar-refractivity contribution in [2.45, 2.75) is 168 Å². The van der Waals surface area contributed by atoms with Crippen LogP contribution in [0.25, 0.3) is 0 Å². The summed E-state index contributed by atoms with van der Waals surface area (Å²) in [5.74, 6) is 8.28. The summed E-state index contributed by atoms with van der Waals surface area (Å²) in [5.41, 5.74) is 0.819. The highest BCUT2D eigenvalue weighted by Gasteiger charge is 2.70. The maximum atomic E-state index is 13.2. The lowest BCUT2D eigenvalue weighted by molar-refractivity contribution is -0.251. The van der Waals surface area contributed by atoms with Crippen LogP contribution in [0.15, 0.2) is 24.8 Å². The van der Waals surface area contributed by atoms with Crippen LogP contribution >= 0.6 is 0 Å². The molecule has 12 atom stereocenters. The molecule has 0 aromatic rings. The van der Waals surface area contributed by atoms with Crippen molar-refractivity contribution in [3.8, 4) is 0 Å². The van der Waals surface area contributed by atoms with E-state index in [1.165, 1.54) is 103 Å². The van der Waals surface area contributed by atoms with Gasteiger partial charge < -0.3 is 18.9 Å². The minimum atomic E-state index is -0.558. The maximum Gasteiger partial charge on any atom is 0.344 e. The Morgan fingerprint density at radius 3 is 1.68 bits per heavy atom. The summed E-state index contributed by atoms with van der Waals surface area (Å²) in [6.07, 6.45) is 23.4. The van der Waals surface area contributed by atoms with Gasteiger partial charge in [0.25, 0.3) is 0 Å². The molecule has 12 rings (SSSR count). The summed E-state index contributed by atoms with van der Waals surface area (Å²) in [6.45, 7) is 18.5. The van der Waals surface area contributed by atoms with Gasteiger partial charge in [-0.05, 0) is 181 Å². The highest BCUT2D eigenvalue weighted by atomic mass is 16.6. The Hall–Kier alpha value is -2.64. The van der Waals surface area contributed by atoms with Crippen LogP contribution in [0.1, 0.15) is 157 Å². The molecule has 0 aliphatic heterocycles. The van der Waals surface area contributed by atoms with Gasteiger partial charge in [-0.2, -0.15) is 0 Å². The molecule has 0 amide bonds. The molecule has 12 aliphatic carbocycles. The Kier molecular flexibility index (Phi) is 11.3. The molecular formula is C52H76O8. The monoisotopic (exact) mass is 829 g/mol. The van der Waals surface area contributed by atoms with Gasteiger partial charge in [-0.15, -0.1) is 0 Å². The maximum absolute atomic E-state index is 13.2. The number of hydrogen-bond donors (Lipinski definition) is 0. The fraction of sp³-hybridized carbons (Fsp3) is 0.846. The van der Waals surface area contributed by atoms with Crippen molar-refractivity contribution in [3.63, 3.8) is 0 Å². The predicted molar refractivity (Wildman–Crippen MR) is 229 cm³/mol. The van der Waals surface area contributed by atoms with Crippen LogP contribution in [0.3, 0.4) is 0 Å². The molecule has 0 saturated heterocycles. The Labute approximate surface area is 360 Å². The minimum absolute atomic E-state index is 0.00956. The molecule has 60 heavy (non-hydrogen) atoms. The van der Waals surface area contributed by atoms with E-state index in [9.17, 15) is 19.2 Å². The standard InChI is InChI=1S/C28H42O4.C24H34O4/c1-17(2)26(30)31-8-6-5-7-25(29)32-28(24-13-20-12-21(24)9-18(20)3)22-10-19-11-23(28)16-27(4,14-19)15-22;1-4-21(25)27-13-22(26)28-24(20-9-15-5-14(2)19(20)8-15)17-6-16-7-18(24)12-23(3,10-16)11-17/h18-24H,1,5-16H2,2-4H3;4,14-20H,1,5-13H2,2-3H3. The van der Waals surface area contributed by atoms with Crippen molar-refractivity contribution in [2.24, 2.45) is 93.7 Å². The van der Waals surface area contributed by atoms with Crippen molar-refractivity contribution >= 4 is 23.9 Å². The van der Waals surface area contributed by atoms with Crippen LogP contribution in [0.4, 0.5) is 0 Å². The summed E-state index contributed by atoms with van der Waals surface area (Å²) < 4.78 is 23.4. The predicted octanol–water partition coefficient (Wildman–Crippen LogP) is 10.6. The SMILES string of the molecule is C=C(C)C(=O)OCCCCC(=O)OC1(C2CC3CC2CC3C)C2CC3CC1CC(C)(C3)C2.C=CC(=O)OCC(=O)OC1(C2CC3CC(C)C2C3)C2CC3CC1CC(C)(C3)C2. The van der Waals surface area contributed by atoms with Crippen LogP contribution in [0, 0.1) is 93.7 Å². The average Bonchev–Trinajstić information content (AvgIpc) is 3.97. The zero-order valence-corrected chi connectivity index (χ0v) is 37.7.